The zero-order valence-electron chi connectivity index (χ0n) is 16.0. The number of aromatic nitrogens is 1. The van der Waals surface area contributed by atoms with Gasteiger partial charge in [0.2, 0.25) is 0 Å². The summed E-state index contributed by atoms with van der Waals surface area (Å²) in [6.07, 6.45) is 4.29. The second kappa shape index (κ2) is 7.78. The molecule has 0 fully saturated rings. The van der Waals surface area contributed by atoms with Gasteiger partial charge in [-0.15, -0.1) is 0 Å². The van der Waals surface area contributed by atoms with E-state index in [9.17, 15) is 9.59 Å². The number of hydrogen-bond donors (Lipinski definition) is 1. The summed E-state index contributed by atoms with van der Waals surface area (Å²) in [5.41, 5.74) is 0.162. The monoisotopic (exact) mass is 367 g/mol. The maximum Gasteiger partial charge on any atom is 0.282 e. The van der Waals surface area contributed by atoms with Crippen LogP contribution in [0.25, 0.3) is 0 Å². The van der Waals surface area contributed by atoms with Crippen molar-refractivity contribution in [3.8, 4) is 5.75 Å². The number of nitrogens with one attached hydrogen (secondary N) is 1. The molecule has 142 valence electrons. The highest BCUT2D eigenvalue weighted by atomic mass is 16.5. The van der Waals surface area contributed by atoms with Crippen molar-refractivity contribution in [2.75, 3.05) is 16.8 Å². The van der Waals surface area contributed by atoms with Gasteiger partial charge in [0, 0.05) is 18.4 Å². The van der Waals surface area contributed by atoms with Gasteiger partial charge in [-0.25, -0.2) is 4.98 Å². The molecular weight excluding hydrogens is 342 g/mol. The van der Waals surface area contributed by atoms with Gasteiger partial charge in [0.1, 0.15) is 0 Å². The predicted molar refractivity (Wildman–Crippen MR) is 105 cm³/mol. The summed E-state index contributed by atoms with van der Waals surface area (Å²) in [5.74, 6) is 0.0123. The number of aryl methyl sites for hydroxylation is 1. The number of hydrogen-bond acceptors (Lipinski definition) is 4. The fourth-order valence-electron chi connectivity index (χ4n) is 3.02. The van der Waals surface area contributed by atoms with Crippen LogP contribution in [0.1, 0.15) is 39.2 Å². The standard InChI is InChI=1S/C21H25N3O3/c1-4-6-14-24-18-17(8-7-13-22-18)27-21(3,20(24)26)19(25)23-16-11-9-15(5-2)10-12-16/h7-13H,4-6,14H2,1-3H3,(H,23,25)/t21-/m0/s1. The van der Waals surface area contributed by atoms with E-state index in [1.165, 1.54) is 12.5 Å². The largest absolute Gasteiger partial charge is 0.464 e. The molecule has 1 aliphatic heterocycles. The Balaban J connectivity index is 1.88. The van der Waals surface area contributed by atoms with E-state index in [4.69, 9.17) is 4.74 Å². The second-order valence-electron chi connectivity index (χ2n) is 6.78. The molecule has 2 amide bonds. The number of unbranched alkanes of at least 4 members (excludes halogenated alkanes) is 1. The average Bonchev–Trinajstić information content (AvgIpc) is 2.69. The van der Waals surface area contributed by atoms with Crippen LogP contribution in [0.4, 0.5) is 11.5 Å². The molecule has 1 aromatic heterocycles. The van der Waals surface area contributed by atoms with Gasteiger partial charge in [0.15, 0.2) is 11.6 Å². The Bertz CT molecular complexity index is 835. The van der Waals surface area contributed by atoms with Crippen molar-refractivity contribution in [1.29, 1.82) is 0 Å². The van der Waals surface area contributed by atoms with Crippen LogP contribution >= 0.6 is 0 Å². The van der Waals surface area contributed by atoms with E-state index in [2.05, 4.69) is 24.1 Å². The molecule has 1 aromatic carbocycles. The molecule has 2 aromatic rings. The summed E-state index contributed by atoms with van der Waals surface area (Å²) in [7, 11) is 0. The Labute approximate surface area is 159 Å². The molecule has 1 aliphatic rings. The molecule has 0 spiro atoms. The summed E-state index contributed by atoms with van der Waals surface area (Å²) in [5, 5.41) is 2.81. The van der Waals surface area contributed by atoms with Crippen LogP contribution < -0.4 is 15.0 Å². The van der Waals surface area contributed by atoms with E-state index in [0.29, 0.717) is 23.8 Å². The SMILES string of the molecule is CCCCN1C(=O)[C@](C)(C(=O)Nc2ccc(CC)cc2)Oc2cccnc21. The third-order valence-corrected chi connectivity index (χ3v) is 4.76. The number of nitrogens with zero attached hydrogens (tertiary/aromatic N) is 2. The Morgan fingerprint density at radius 1 is 1.22 bits per heavy atom. The van der Waals surface area contributed by atoms with E-state index >= 15 is 0 Å². The van der Waals surface area contributed by atoms with Crippen molar-refractivity contribution in [1.82, 2.24) is 4.98 Å². The van der Waals surface area contributed by atoms with Crippen molar-refractivity contribution in [2.24, 2.45) is 0 Å². The lowest BCUT2D eigenvalue weighted by atomic mass is 10.0. The predicted octanol–water partition coefficient (Wildman–Crippen LogP) is 3.57. The topological polar surface area (TPSA) is 71.5 Å². The molecule has 0 saturated heterocycles. The molecule has 0 unspecified atom stereocenters. The molecule has 0 radical (unpaired) electrons. The molecule has 27 heavy (non-hydrogen) atoms. The van der Waals surface area contributed by atoms with Gasteiger partial charge in [0.05, 0.1) is 0 Å². The summed E-state index contributed by atoms with van der Waals surface area (Å²) < 4.78 is 5.86. The normalized spacial score (nSPS) is 18.6. The maximum absolute atomic E-state index is 13.1. The third kappa shape index (κ3) is 3.65. The Kier molecular flexibility index (Phi) is 5.44. The quantitative estimate of drug-likeness (QED) is 0.793. The molecule has 1 N–H and O–H groups in total. The number of ether oxygens (including phenoxy) is 1. The lowest BCUT2D eigenvalue weighted by Crippen LogP contribution is -2.61. The Morgan fingerprint density at radius 2 is 1.96 bits per heavy atom. The smallest absolute Gasteiger partial charge is 0.282 e. The van der Waals surface area contributed by atoms with E-state index in [-0.39, 0.29) is 0 Å². The number of anilines is 2. The van der Waals surface area contributed by atoms with Crippen LogP contribution in [0.2, 0.25) is 0 Å². The summed E-state index contributed by atoms with van der Waals surface area (Å²) in [6, 6.07) is 11.0. The summed E-state index contributed by atoms with van der Waals surface area (Å²) >= 11 is 0. The van der Waals surface area contributed by atoms with Crippen molar-refractivity contribution in [2.45, 2.75) is 45.6 Å². The van der Waals surface area contributed by atoms with Gasteiger partial charge in [-0.1, -0.05) is 32.4 Å². The van der Waals surface area contributed by atoms with Crippen molar-refractivity contribution in [3.05, 3.63) is 48.2 Å². The van der Waals surface area contributed by atoms with Crippen molar-refractivity contribution in [3.63, 3.8) is 0 Å². The van der Waals surface area contributed by atoms with Gasteiger partial charge in [-0.3, -0.25) is 14.5 Å². The van der Waals surface area contributed by atoms with E-state index in [0.717, 1.165) is 19.3 Å². The first kappa shape index (κ1) is 18.9. The molecule has 2 heterocycles. The lowest BCUT2D eigenvalue weighted by molar-refractivity contribution is -0.145. The van der Waals surface area contributed by atoms with Gasteiger partial charge in [-0.2, -0.15) is 0 Å². The molecular formula is C21H25N3O3. The first-order valence-electron chi connectivity index (χ1n) is 9.36. The van der Waals surface area contributed by atoms with Crippen LogP contribution in [0.3, 0.4) is 0 Å². The van der Waals surface area contributed by atoms with Gasteiger partial charge in [0.25, 0.3) is 17.4 Å². The van der Waals surface area contributed by atoms with E-state index in [1.807, 2.05) is 24.3 Å². The number of amides is 2. The van der Waals surface area contributed by atoms with Gasteiger partial charge in [-0.05, 0) is 49.6 Å². The minimum absolute atomic E-state index is 0.398. The molecule has 6 heteroatoms. The van der Waals surface area contributed by atoms with Gasteiger partial charge >= 0.3 is 0 Å². The molecule has 0 aliphatic carbocycles. The highest BCUT2D eigenvalue weighted by Crippen LogP contribution is 2.36. The first-order chi connectivity index (χ1) is 13.0. The number of fused-ring (bicyclic) bond motifs is 1. The number of carbonyl (C=O) groups is 2. The van der Waals surface area contributed by atoms with Crippen LogP contribution in [-0.2, 0) is 16.0 Å². The maximum atomic E-state index is 13.1. The minimum atomic E-state index is -1.65. The van der Waals surface area contributed by atoms with Crippen LogP contribution in [0.15, 0.2) is 42.6 Å². The van der Waals surface area contributed by atoms with Gasteiger partial charge < -0.3 is 10.1 Å². The Morgan fingerprint density at radius 3 is 2.63 bits per heavy atom. The van der Waals surface area contributed by atoms with Crippen molar-refractivity contribution < 1.29 is 14.3 Å². The molecule has 1 atom stereocenters. The Hall–Kier alpha value is -2.89. The fourth-order valence-corrected chi connectivity index (χ4v) is 3.02. The molecule has 0 saturated carbocycles. The van der Waals surface area contributed by atoms with Crippen LogP contribution in [0.5, 0.6) is 5.75 Å². The zero-order valence-corrected chi connectivity index (χ0v) is 16.0. The number of benzene rings is 1. The second-order valence-corrected chi connectivity index (χ2v) is 6.78. The molecule has 3 rings (SSSR count). The molecule has 6 nitrogen and oxygen atoms in total. The highest BCUT2D eigenvalue weighted by Gasteiger charge is 2.51. The zero-order chi connectivity index (χ0) is 19.4. The highest BCUT2D eigenvalue weighted by molar-refractivity contribution is 6.19. The first-order valence-corrected chi connectivity index (χ1v) is 9.36. The van der Waals surface area contributed by atoms with Crippen LogP contribution in [0, 0.1) is 0 Å². The summed E-state index contributed by atoms with van der Waals surface area (Å²) in [4.78, 5) is 32.0. The molecule has 0 bridgehead atoms. The number of pyridine rings is 1. The van der Waals surface area contributed by atoms with E-state index in [1.54, 1.807) is 23.2 Å². The average molecular weight is 367 g/mol. The minimum Gasteiger partial charge on any atom is -0.464 e. The number of rotatable bonds is 6. The van der Waals surface area contributed by atoms with E-state index < -0.39 is 17.4 Å². The fraction of sp³-hybridized carbons (Fsp3) is 0.381. The van der Waals surface area contributed by atoms with Crippen molar-refractivity contribution >= 4 is 23.3 Å². The van der Waals surface area contributed by atoms with Crippen LogP contribution in [-0.4, -0.2) is 28.9 Å². The third-order valence-electron chi connectivity index (χ3n) is 4.76. The lowest BCUT2D eigenvalue weighted by Gasteiger charge is -2.38. The number of carbonyl (C=O) groups excluding carboxylic acids is 2. The summed E-state index contributed by atoms with van der Waals surface area (Å²) in [6.45, 7) is 6.13.